The Morgan fingerprint density at radius 2 is 2.15 bits per heavy atom. The van der Waals surface area contributed by atoms with Crippen molar-refractivity contribution in [3.8, 4) is 5.75 Å². The molecule has 1 N–H and O–H groups in total. The number of ether oxygens (including phenoxy) is 2. The highest BCUT2D eigenvalue weighted by atomic mass is 16.5. The van der Waals surface area contributed by atoms with Gasteiger partial charge < -0.3 is 14.8 Å². The molecule has 0 saturated carbocycles. The number of esters is 2. The lowest BCUT2D eigenvalue weighted by Gasteiger charge is -2.22. The summed E-state index contributed by atoms with van der Waals surface area (Å²) in [5.41, 5.74) is 0.284. The lowest BCUT2D eigenvalue weighted by molar-refractivity contribution is -0.131. The second kappa shape index (κ2) is 7.05. The lowest BCUT2D eigenvalue weighted by Crippen LogP contribution is -2.32. The highest BCUT2D eigenvalue weighted by Crippen LogP contribution is 2.20. The summed E-state index contributed by atoms with van der Waals surface area (Å²) in [4.78, 5) is 23.1. The van der Waals surface area contributed by atoms with Gasteiger partial charge in [-0.05, 0) is 31.5 Å². The Kier molecular flexibility index (Phi) is 5.12. The van der Waals surface area contributed by atoms with Gasteiger partial charge in [0.05, 0.1) is 6.61 Å². The summed E-state index contributed by atoms with van der Waals surface area (Å²) in [5, 5.41) is 3.28. The number of para-hydroxylation sites is 1. The van der Waals surface area contributed by atoms with Crippen LogP contribution in [0.1, 0.15) is 30.1 Å². The van der Waals surface area contributed by atoms with Crippen LogP contribution in [0.2, 0.25) is 0 Å². The van der Waals surface area contributed by atoms with Gasteiger partial charge >= 0.3 is 11.9 Å². The monoisotopic (exact) mass is 277 g/mol. The van der Waals surface area contributed by atoms with Crippen LogP contribution in [0.25, 0.3) is 0 Å². The van der Waals surface area contributed by atoms with Crippen LogP contribution >= 0.6 is 0 Å². The van der Waals surface area contributed by atoms with E-state index in [1.54, 1.807) is 24.3 Å². The summed E-state index contributed by atoms with van der Waals surface area (Å²) in [6.07, 6.45) is 2.16. The molecule has 0 bridgehead atoms. The van der Waals surface area contributed by atoms with E-state index in [1.807, 2.05) is 0 Å². The van der Waals surface area contributed by atoms with Gasteiger partial charge in [-0.25, -0.2) is 4.79 Å². The van der Waals surface area contributed by atoms with Crippen molar-refractivity contribution in [3.05, 3.63) is 29.8 Å². The molecular weight excluding hydrogens is 258 g/mol. The fraction of sp³-hybridized carbons (Fsp3) is 0.467. The van der Waals surface area contributed by atoms with Gasteiger partial charge in [-0.3, -0.25) is 4.79 Å². The number of carbonyl (C=O) groups is 2. The minimum atomic E-state index is -0.457. The van der Waals surface area contributed by atoms with Crippen LogP contribution in [-0.2, 0) is 9.53 Å². The van der Waals surface area contributed by atoms with Crippen molar-refractivity contribution in [1.82, 2.24) is 5.32 Å². The molecule has 2 rings (SSSR count). The summed E-state index contributed by atoms with van der Waals surface area (Å²) >= 11 is 0. The largest absolute Gasteiger partial charge is 0.462 e. The molecule has 1 aliphatic rings. The number of carbonyl (C=O) groups excluding carboxylic acids is 2. The Labute approximate surface area is 118 Å². The molecule has 1 aromatic rings. The summed E-state index contributed by atoms with van der Waals surface area (Å²) < 4.78 is 10.3. The van der Waals surface area contributed by atoms with Crippen molar-refractivity contribution in [3.63, 3.8) is 0 Å². The summed E-state index contributed by atoms with van der Waals surface area (Å²) in [6.45, 7) is 3.59. The van der Waals surface area contributed by atoms with Crippen LogP contribution in [0, 0.1) is 5.92 Å². The molecule has 0 spiro atoms. The third-order valence-corrected chi connectivity index (χ3v) is 3.21. The molecule has 0 aromatic heterocycles. The van der Waals surface area contributed by atoms with Crippen molar-refractivity contribution >= 4 is 11.9 Å². The summed E-state index contributed by atoms with van der Waals surface area (Å²) in [6, 6.07) is 6.60. The number of nitrogens with one attached hydrogen (secondary N) is 1. The van der Waals surface area contributed by atoms with E-state index in [4.69, 9.17) is 9.47 Å². The Balaban J connectivity index is 1.96. The lowest BCUT2D eigenvalue weighted by atomic mass is 10.0. The first kappa shape index (κ1) is 14.5. The van der Waals surface area contributed by atoms with E-state index in [1.165, 1.54) is 6.92 Å². The average Bonchev–Trinajstić information content (AvgIpc) is 2.46. The molecule has 1 fully saturated rings. The van der Waals surface area contributed by atoms with E-state index in [0.717, 1.165) is 25.9 Å². The van der Waals surface area contributed by atoms with Crippen LogP contribution in [0.3, 0.4) is 0 Å². The van der Waals surface area contributed by atoms with E-state index in [2.05, 4.69) is 5.32 Å². The molecule has 0 aliphatic carbocycles. The van der Waals surface area contributed by atoms with Crippen molar-refractivity contribution in [1.29, 1.82) is 0 Å². The predicted octanol–water partition coefficient (Wildman–Crippen LogP) is 1.77. The Morgan fingerprint density at radius 1 is 1.35 bits per heavy atom. The number of piperidine rings is 1. The second-order valence-corrected chi connectivity index (χ2v) is 4.90. The van der Waals surface area contributed by atoms with Crippen LogP contribution in [0.5, 0.6) is 5.75 Å². The van der Waals surface area contributed by atoms with Crippen LogP contribution < -0.4 is 10.1 Å². The van der Waals surface area contributed by atoms with Crippen molar-refractivity contribution in [2.24, 2.45) is 5.92 Å². The van der Waals surface area contributed by atoms with Gasteiger partial charge in [-0.2, -0.15) is 0 Å². The first-order chi connectivity index (χ1) is 9.66. The fourth-order valence-electron chi connectivity index (χ4n) is 2.22. The van der Waals surface area contributed by atoms with E-state index < -0.39 is 11.9 Å². The van der Waals surface area contributed by atoms with Gasteiger partial charge in [-0.1, -0.05) is 12.1 Å². The maximum Gasteiger partial charge on any atom is 0.341 e. The number of benzene rings is 1. The molecular formula is C15H19NO4. The van der Waals surface area contributed by atoms with Gasteiger partial charge in [-0.15, -0.1) is 0 Å². The van der Waals surface area contributed by atoms with Crippen molar-refractivity contribution in [2.45, 2.75) is 19.8 Å². The average molecular weight is 277 g/mol. The Morgan fingerprint density at radius 3 is 2.85 bits per heavy atom. The molecule has 1 heterocycles. The molecule has 1 atom stereocenters. The molecule has 5 nitrogen and oxygen atoms in total. The minimum absolute atomic E-state index is 0.242. The van der Waals surface area contributed by atoms with Crippen LogP contribution in [-0.4, -0.2) is 31.6 Å². The topological polar surface area (TPSA) is 64.6 Å². The number of rotatable bonds is 4. The zero-order valence-electron chi connectivity index (χ0n) is 11.6. The molecule has 0 amide bonds. The number of hydrogen-bond donors (Lipinski definition) is 1. The molecule has 1 unspecified atom stereocenters. The molecule has 20 heavy (non-hydrogen) atoms. The smallest absolute Gasteiger partial charge is 0.341 e. The van der Waals surface area contributed by atoms with E-state index >= 15 is 0 Å². The SMILES string of the molecule is CC(=O)Oc1ccccc1C(=O)OCC1CCCNC1. The molecule has 1 saturated heterocycles. The third-order valence-electron chi connectivity index (χ3n) is 3.21. The minimum Gasteiger partial charge on any atom is -0.462 e. The summed E-state index contributed by atoms with van der Waals surface area (Å²) in [5.74, 6) is -0.311. The molecule has 108 valence electrons. The Hall–Kier alpha value is -1.88. The normalized spacial score (nSPS) is 18.4. The van der Waals surface area contributed by atoms with Crippen molar-refractivity contribution < 1.29 is 19.1 Å². The predicted molar refractivity (Wildman–Crippen MR) is 73.6 cm³/mol. The van der Waals surface area contributed by atoms with Crippen LogP contribution in [0.15, 0.2) is 24.3 Å². The maximum absolute atomic E-state index is 12.1. The first-order valence-corrected chi connectivity index (χ1v) is 6.82. The highest BCUT2D eigenvalue weighted by Gasteiger charge is 2.18. The molecule has 1 aromatic carbocycles. The maximum atomic E-state index is 12.1. The third kappa shape index (κ3) is 4.06. The van der Waals surface area contributed by atoms with Gasteiger partial charge in [0, 0.05) is 19.4 Å². The van der Waals surface area contributed by atoms with E-state index in [-0.39, 0.29) is 11.3 Å². The van der Waals surface area contributed by atoms with Gasteiger partial charge in [0.2, 0.25) is 0 Å². The van der Waals surface area contributed by atoms with E-state index in [9.17, 15) is 9.59 Å². The zero-order chi connectivity index (χ0) is 14.4. The number of hydrogen-bond acceptors (Lipinski definition) is 5. The molecule has 5 heteroatoms. The van der Waals surface area contributed by atoms with Gasteiger partial charge in [0.15, 0.2) is 0 Å². The van der Waals surface area contributed by atoms with Crippen LogP contribution in [0.4, 0.5) is 0 Å². The van der Waals surface area contributed by atoms with Crippen molar-refractivity contribution in [2.75, 3.05) is 19.7 Å². The molecule has 0 radical (unpaired) electrons. The summed E-state index contributed by atoms with van der Waals surface area (Å²) in [7, 11) is 0. The Bertz CT molecular complexity index is 481. The first-order valence-electron chi connectivity index (χ1n) is 6.82. The standard InChI is InChI=1S/C15H19NO4/c1-11(17)20-14-7-3-2-6-13(14)15(18)19-10-12-5-4-8-16-9-12/h2-3,6-7,12,16H,4-5,8-10H2,1H3. The van der Waals surface area contributed by atoms with Gasteiger partial charge in [0.25, 0.3) is 0 Å². The molecule has 1 aliphatic heterocycles. The fourth-order valence-corrected chi connectivity index (χ4v) is 2.22. The highest BCUT2D eigenvalue weighted by molar-refractivity contribution is 5.93. The second-order valence-electron chi connectivity index (χ2n) is 4.90. The van der Waals surface area contributed by atoms with E-state index in [0.29, 0.717) is 12.5 Å². The van der Waals surface area contributed by atoms with Gasteiger partial charge in [0.1, 0.15) is 11.3 Å². The zero-order valence-corrected chi connectivity index (χ0v) is 11.6. The quantitative estimate of drug-likeness (QED) is 0.671.